The van der Waals surface area contributed by atoms with E-state index in [4.69, 9.17) is 0 Å². The Morgan fingerprint density at radius 3 is 2.65 bits per heavy atom. The number of rotatable bonds is 3. The molecule has 0 saturated heterocycles. The van der Waals surface area contributed by atoms with E-state index in [2.05, 4.69) is 26.0 Å². The molecule has 1 N–H and O–H groups in total. The molecule has 2 heterocycles. The Kier molecular flexibility index (Phi) is 3.59. The van der Waals surface area contributed by atoms with Crippen LogP contribution in [0.15, 0.2) is 35.1 Å². The first-order valence-corrected chi connectivity index (χ1v) is 6.22. The second-order valence-corrected chi connectivity index (χ2v) is 5.01. The maximum atomic E-state index is 10.3. The van der Waals surface area contributed by atoms with E-state index in [9.17, 15) is 5.11 Å². The van der Waals surface area contributed by atoms with Gasteiger partial charge in [0.05, 0.1) is 11.4 Å². The number of hydrogen-bond donors (Lipinski definition) is 1. The van der Waals surface area contributed by atoms with Crippen LogP contribution in [0.4, 0.5) is 0 Å². The molecule has 1 unspecified atom stereocenters. The van der Waals surface area contributed by atoms with Gasteiger partial charge in [0.1, 0.15) is 6.10 Å². The highest BCUT2D eigenvalue weighted by Crippen LogP contribution is 2.23. The van der Waals surface area contributed by atoms with Crippen molar-refractivity contribution >= 4 is 15.9 Å². The van der Waals surface area contributed by atoms with Crippen LogP contribution < -0.4 is 0 Å². The van der Waals surface area contributed by atoms with E-state index in [1.165, 1.54) is 0 Å². The predicted molar refractivity (Wildman–Crippen MR) is 68.6 cm³/mol. The molecule has 0 spiro atoms. The van der Waals surface area contributed by atoms with Crippen LogP contribution in [-0.2, 0) is 0 Å². The van der Waals surface area contributed by atoms with Gasteiger partial charge in [0.15, 0.2) is 0 Å². The zero-order chi connectivity index (χ0) is 12.4. The summed E-state index contributed by atoms with van der Waals surface area (Å²) < 4.78 is 2.69. The lowest BCUT2D eigenvalue weighted by Gasteiger charge is -2.15. The van der Waals surface area contributed by atoms with E-state index in [0.717, 1.165) is 10.2 Å². The van der Waals surface area contributed by atoms with Gasteiger partial charge in [0.25, 0.3) is 0 Å². The first-order valence-electron chi connectivity index (χ1n) is 5.42. The first kappa shape index (κ1) is 12.3. The molecule has 2 rings (SSSR count). The summed E-state index contributed by atoms with van der Waals surface area (Å²) in [5, 5.41) is 14.5. The zero-order valence-electron chi connectivity index (χ0n) is 9.71. The van der Waals surface area contributed by atoms with Crippen LogP contribution in [0.5, 0.6) is 0 Å². The zero-order valence-corrected chi connectivity index (χ0v) is 11.3. The lowest BCUT2D eigenvalue weighted by molar-refractivity contribution is 0.200. The van der Waals surface area contributed by atoms with E-state index < -0.39 is 6.10 Å². The third kappa shape index (κ3) is 2.56. The van der Waals surface area contributed by atoms with E-state index in [1.807, 2.05) is 26.0 Å². The molecule has 0 aliphatic carbocycles. The van der Waals surface area contributed by atoms with Crippen LogP contribution in [0.3, 0.4) is 0 Å². The van der Waals surface area contributed by atoms with E-state index in [0.29, 0.717) is 5.69 Å². The summed E-state index contributed by atoms with van der Waals surface area (Å²) in [4.78, 5) is 4.20. The second kappa shape index (κ2) is 4.98. The Hall–Kier alpha value is -1.20. The normalized spacial score (nSPS) is 13.0. The van der Waals surface area contributed by atoms with Crippen molar-refractivity contribution in [1.29, 1.82) is 0 Å². The minimum atomic E-state index is -0.743. The summed E-state index contributed by atoms with van der Waals surface area (Å²) in [6.45, 7) is 4.05. The molecule has 0 aliphatic heterocycles. The van der Waals surface area contributed by atoms with Gasteiger partial charge in [-0.25, -0.2) is 0 Å². The fraction of sp³-hybridized carbons (Fsp3) is 0.333. The van der Waals surface area contributed by atoms with Gasteiger partial charge in [-0.1, -0.05) is 0 Å². The number of hydrogen-bond acceptors (Lipinski definition) is 3. The fourth-order valence-electron chi connectivity index (χ4n) is 1.67. The molecule has 17 heavy (non-hydrogen) atoms. The van der Waals surface area contributed by atoms with Crippen LogP contribution in [-0.4, -0.2) is 19.9 Å². The van der Waals surface area contributed by atoms with Crippen molar-refractivity contribution in [3.8, 4) is 0 Å². The van der Waals surface area contributed by atoms with Gasteiger partial charge in [0, 0.05) is 22.9 Å². The van der Waals surface area contributed by atoms with Gasteiger partial charge in [-0.2, -0.15) is 5.10 Å². The SMILES string of the molecule is CC(C)n1nccc1C(O)c1ccc(Br)cn1. The monoisotopic (exact) mass is 295 g/mol. The third-order valence-electron chi connectivity index (χ3n) is 2.50. The molecule has 0 saturated carbocycles. The van der Waals surface area contributed by atoms with Gasteiger partial charge >= 0.3 is 0 Å². The van der Waals surface area contributed by atoms with Crippen LogP contribution in [0, 0.1) is 0 Å². The standard InChI is InChI=1S/C12H14BrN3O/c1-8(2)16-11(5-6-15-16)12(17)10-4-3-9(13)7-14-10/h3-8,12,17H,1-2H3. The Bertz CT molecular complexity index is 493. The molecule has 0 amide bonds. The molecule has 2 aromatic heterocycles. The predicted octanol–water partition coefficient (Wildman–Crippen LogP) is 2.70. The largest absolute Gasteiger partial charge is 0.380 e. The number of pyridine rings is 1. The van der Waals surface area contributed by atoms with Crippen molar-refractivity contribution in [3.63, 3.8) is 0 Å². The van der Waals surface area contributed by atoms with Crippen molar-refractivity contribution in [1.82, 2.24) is 14.8 Å². The van der Waals surface area contributed by atoms with Gasteiger partial charge in [-0.15, -0.1) is 0 Å². The second-order valence-electron chi connectivity index (χ2n) is 4.10. The molecule has 2 aromatic rings. The molecule has 90 valence electrons. The van der Waals surface area contributed by atoms with Gasteiger partial charge in [-0.05, 0) is 48.0 Å². The van der Waals surface area contributed by atoms with Crippen molar-refractivity contribution in [2.75, 3.05) is 0 Å². The quantitative estimate of drug-likeness (QED) is 0.947. The molecule has 0 bridgehead atoms. The van der Waals surface area contributed by atoms with Gasteiger partial charge in [0.2, 0.25) is 0 Å². The molecule has 0 fully saturated rings. The van der Waals surface area contributed by atoms with E-state index in [-0.39, 0.29) is 6.04 Å². The Balaban J connectivity index is 2.33. The Morgan fingerprint density at radius 1 is 1.29 bits per heavy atom. The maximum absolute atomic E-state index is 10.3. The number of aromatic nitrogens is 3. The van der Waals surface area contributed by atoms with Crippen molar-refractivity contribution in [2.45, 2.75) is 26.0 Å². The number of nitrogens with zero attached hydrogens (tertiary/aromatic N) is 3. The number of aliphatic hydroxyl groups is 1. The van der Waals surface area contributed by atoms with Crippen molar-refractivity contribution in [2.24, 2.45) is 0 Å². The molecule has 0 aromatic carbocycles. The Labute approximate surface area is 108 Å². The first-order chi connectivity index (χ1) is 8.09. The van der Waals surface area contributed by atoms with Crippen molar-refractivity contribution in [3.05, 3.63) is 46.5 Å². The molecule has 4 nitrogen and oxygen atoms in total. The molecule has 1 atom stereocenters. The van der Waals surface area contributed by atoms with E-state index >= 15 is 0 Å². The number of halogens is 1. The summed E-state index contributed by atoms with van der Waals surface area (Å²) in [6.07, 6.45) is 2.62. The summed E-state index contributed by atoms with van der Waals surface area (Å²) in [6, 6.07) is 5.69. The summed E-state index contributed by atoms with van der Waals surface area (Å²) in [5.74, 6) is 0. The summed E-state index contributed by atoms with van der Waals surface area (Å²) in [5.41, 5.74) is 1.38. The number of aliphatic hydroxyl groups excluding tert-OH is 1. The highest BCUT2D eigenvalue weighted by atomic mass is 79.9. The minimum Gasteiger partial charge on any atom is -0.380 e. The van der Waals surface area contributed by atoms with Crippen LogP contribution in [0.2, 0.25) is 0 Å². The molecular weight excluding hydrogens is 282 g/mol. The van der Waals surface area contributed by atoms with Gasteiger partial charge in [-0.3, -0.25) is 9.67 Å². The van der Waals surface area contributed by atoms with Crippen molar-refractivity contribution < 1.29 is 5.11 Å². The summed E-state index contributed by atoms with van der Waals surface area (Å²) in [7, 11) is 0. The van der Waals surface area contributed by atoms with Crippen LogP contribution in [0.1, 0.15) is 37.4 Å². The Morgan fingerprint density at radius 2 is 2.06 bits per heavy atom. The summed E-state index contributed by atoms with van der Waals surface area (Å²) >= 11 is 3.32. The highest BCUT2D eigenvalue weighted by molar-refractivity contribution is 9.10. The van der Waals surface area contributed by atoms with E-state index in [1.54, 1.807) is 23.1 Å². The molecular formula is C12H14BrN3O. The molecule has 5 heteroatoms. The average molecular weight is 296 g/mol. The average Bonchev–Trinajstić information content (AvgIpc) is 2.78. The molecule has 0 aliphatic rings. The van der Waals surface area contributed by atoms with Gasteiger partial charge < -0.3 is 5.11 Å². The lowest BCUT2D eigenvalue weighted by atomic mass is 10.1. The molecule has 0 radical (unpaired) electrons. The van der Waals surface area contributed by atoms with Crippen LogP contribution >= 0.6 is 15.9 Å². The minimum absolute atomic E-state index is 0.213. The highest BCUT2D eigenvalue weighted by Gasteiger charge is 2.17. The third-order valence-corrected chi connectivity index (χ3v) is 2.97. The fourth-order valence-corrected chi connectivity index (χ4v) is 1.91. The lowest BCUT2D eigenvalue weighted by Crippen LogP contribution is -2.12. The smallest absolute Gasteiger partial charge is 0.137 e. The van der Waals surface area contributed by atoms with Crippen LogP contribution in [0.25, 0.3) is 0 Å². The maximum Gasteiger partial charge on any atom is 0.137 e. The topological polar surface area (TPSA) is 50.9 Å².